The van der Waals surface area contributed by atoms with Gasteiger partial charge in [0, 0.05) is 0 Å². The number of aliphatic imine (C=N–C) groups is 1. The summed E-state index contributed by atoms with van der Waals surface area (Å²) >= 11 is 0. The van der Waals surface area contributed by atoms with E-state index in [1.807, 2.05) is 6.07 Å². The lowest BCUT2D eigenvalue weighted by Crippen LogP contribution is -2.45. The van der Waals surface area contributed by atoms with Crippen LogP contribution in [0.15, 0.2) is 34.4 Å². The molecule has 31 heavy (non-hydrogen) atoms. The average molecular weight is 425 g/mol. The highest BCUT2D eigenvalue weighted by atomic mass is 16.3. The molecule has 0 spiro atoms. The SMILES string of the molecule is NC1=N[C@](CCC2CCCCC2)(CC2CCCCC2)C(=O)N1Cc1cccc(N=O)c1. The number of hydrogen-bond acceptors (Lipinski definition) is 5. The molecule has 1 atom stereocenters. The van der Waals surface area contributed by atoms with E-state index in [0.29, 0.717) is 30.0 Å². The number of nitroso groups, excluding NO2 is 1. The highest BCUT2D eigenvalue weighted by Crippen LogP contribution is 2.41. The molecule has 6 nitrogen and oxygen atoms in total. The molecule has 1 heterocycles. The maximum absolute atomic E-state index is 13.8. The van der Waals surface area contributed by atoms with E-state index in [4.69, 9.17) is 10.7 Å². The van der Waals surface area contributed by atoms with Gasteiger partial charge in [0.15, 0.2) is 5.96 Å². The Morgan fingerprint density at radius 1 is 1.03 bits per heavy atom. The largest absolute Gasteiger partial charge is 0.369 e. The quantitative estimate of drug-likeness (QED) is 0.534. The molecule has 2 saturated carbocycles. The van der Waals surface area contributed by atoms with Crippen molar-refractivity contribution in [3.8, 4) is 0 Å². The van der Waals surface area contributed by atoms with Gasteiger partial charge in [-0.2, -0.15) is 0 Å². The minimum absolute atomic E-state index is 0.0517. The van der Waals surface area contributed by atoms with Gasteiger partial charge in [-0.15, -0.1) is 4.91 Å². The van der Waals surface area contributed by atoms with Crippen LogP contribution in [-0.2, 0) is 11.3 Å². The minimum Gasteiger partial charge on any atom is -0.369 e. The molecule has 2 aliphatic carbocycles. The Morgan fingerprint density at radius 2 is 1.71 bits per heavy atom. The number of guanidine groups is 1. The molecule has 0 aromatic heterocycles. The topological polar surface area (TPSA) is 88.1 Å². The van der Waals surface area contributed by atoms with Crippen LogP contribution in [0.2, 0.25) is 0 Å². The van der Waals surface area contributed by atoms with Gasteiger partial charge in [0.05, 0.1) is 6.54 Å². The fourth-order valence-corrected chi connectivity index (χ4v) is 5.92. The maximum Gasteiger partial charge on any atom is 0.257 e. The standard InChI is InChI=1S/C25H36N4O2/c26-24-27-25(17-20-10-5-2-6-11-20,15-14-19-8-3-1-4-9-19)23(30)29(24)18-21-12-7-13-22(16-21)28-31/h7,12-13,16,19-20H,1-6,8-11,14-15,17-18H2,(H2,26,27)/t25-/m1/s1. The zero-order chi connectivity index (χ0) is 21.7. The molecule has 1 aromatic carbocycles. The van der Waals surface area contributed by atoms with E-state index in [0.717, 1.165) is 24.8 Å². The fraction of sp³-hybridized carbons (Fsp3) is 0.680. The predicted molar refractivity (Wildman–Crippen MR) is 124 cm³/mol. The highest BCUT2D eigenvalue weighted by molar-refractivity contribution is 6.06. The van der Waals surface area contributed by atoms with E-state index in [1.54, 1.807) is 23.1 Å². The second kappa shape index (κ2) is 9.92. The molecule has 2 fully saturated rings. The number of amides is 1. The van der Waals surface area contributed by atoms with Gasteiger partial charge in [0.1, 0.15) is 11.2 Å². The molecule has 1 amide bonds. The summed E-state index contributed by atoms with van der Waals surface area (Å²) in [6.45, 7) is 0.341. The molecule has 3 aliphatic rings. The third-order valence-corrected chi connectivity index (χ3v) is 7.65. The van der Waals surface area contributed by atoms with E-state index < -0.39 is 5.54 Å². The summed E-state index contributed by atoms with van der Waals surface area (Å²) in [7, 11) is 0. The first kappa shape index (κ1) is 22.0. The Bertz CT molecular complexity index is 811. The van der Waals surface area contributed by atoms with Crippen LogP contribution in [0.3, 0.4) is 0 Å². The summed E-state index contributed by atoms with van der Waals surface area (Å²) in [5.41, 5.74) is 6.86. The normalized spacial score (nSPS) is 25.6. The van der Waals surface area contributed by atoms with Crippen LogP contribution in [0.5, 0.6) is 0 Å². The molecular formula is C25H36N4O2. The summed E-state index contributed by atoms with van der Waals surface area (Å²) in [4.78, 5) is 31.2. The highest BCUT2D eigenvalue weighted by Gasteiger charge is 2.48. The van der Waals surface area contributed by atoms with E-state index >= 15 is 0 Å². The average Bonchev–Trinajstić information content (AvgIpc) is 3.03. The Hall–Kier alpha value is -2.24. The minimum atomic E-state index is -0.704. The van der Waals surface area contributed by atoms with Crippen LogP contribution in [0.1, 0.15) is 89.0 Å². The zero-order valence-electron chi connectivity index (χ0n) is 18.6. The molecule has 168 valence electrons. The molecule has 0 unspecified atom stereocenters. The summed E-state index contributed by atoms with van der Waals surface area (Å²) < 4.78 is 0. The molecule has 0 radical (unpaired) electrons. The maximum atomic E-state index is 13.8. The number of benzene rings is 1. The Balaban J connectivity index is 1.52. The summed E-state index contributed by atoms with van der Waals surface area (Å²) in [5.74, 6) is 1.65. The number of hydrogen-bond donors (Lipinski definition) is 1. The van der Waals surface area contributed by atoms with Crippen molar-refractivity contribution < 1.29 is 4.79 Å². The zero-order valence-corrected chi connectivity index (χ0v) is 18.6. The van der Waals surface area contributed by atoms with Gasteiger partial charge in [-0.25, -0.2) is 4.99 Å². The first-order valence-corrected chi connectivity index (χ1v) is 12.2. The van der Waals surface area contributed by atoms with Crippen LogP contribution in [0, 0.1) is 16.7 Å². The molecule has 6 heteroatoms. The van der Waals surface area contributed by atoms with Crippen molar-refractivity contribution in [2.24, 2.45) is 27.7 Å². The molecular weight excluding hydrogens is 388 g/mol. The second-order valence-electron chi connectivity index (χ2n) is 9.90. The Kier molecular flexibility index (Phi) is 7.03. The Labute approximate surface area is 185 Å². The number of nitrogens with two attached hydrogens (primary N) is 1. The van der Waals surface area contributed by atoms with E-state index in [1.165, 1.54) is 64.2 Å². The van der Waals surface area contributed by atoms with Crippen molar-refractivity contribution in [3.63, 3.8) is 0 Å². The van der Waals surface area contributed by atoms with Crippen LogP contribution in [0.4, 0.5) is 5.69 Å². The third kappa shape index (κ3) is 5.16. The Morgan fingerprint density at radius 3 is 2.39 bits per heavy atom. The van der Waals surface area contributed by atoms with Crippen molar-refractivity contribution in [3.05, 3.63) is 34.7 Å². The van der Waals surface area contributed by atoms with Crippen LogP contribution < -0.4 is 5.73 Å². The molecule has 0 bridgehead atoms. The van der Waals surface area contributed by atoms with Gasteiger partial charge in [-0.3, -0.25) is 9.69 Å². The monoisotopic (exact) mass is 424 g/mol. The van der Waals surface area contributed by atoms with E-state index in [-0.39, 0.29) is 5.91 Å². The number of carbonyl (C=O) groups is 1. The van der Waals surface area contributed by atoms with Gasteiger partial charge in [0.25, 0.3) is 5.91 Å². The molecule has 4 rings (SSSR count). The lowest BCUT2D eigenvalue weighted by atomic mass is 9.75. The van der Waals surface area contributed by atoms with Gasteiger partial charge in [-0.05, 0) is 54.0 Å². The van der Waals surface area contributed by atoms with Gasteiger partial charge in [-0.1, -0.05) is 76.3 Å². The lowest BCUT2D eigenvalue weighted by Gasteiger charge is -2.33. The lowest BCUT2D eigenvalue weighted by molar-refractivity contribution is -0.132. The summed E-state index contributed by atoms with van der Waals surface area (Å²) in [5, 5.41) is 3.02. The summed E-state index contributed by atoms with van der Waals surface area (Å²) in [6, 6.07) is 7.07. The van der Waals surface area contributed by atoms with Gasteiger partial charge < -0.3 is 5.73 Å². The number of rotatable bonds is 8. The van der Waals surface area contributed by atoms with Crippen LogP contribution in [-0.4, -0.2) is 22.3 Å². The van der Waals surface area contributed by atoms with Crippen molar-refractivity contribution in [1.29, 1.82) is 0 Å². The van der Waals surface area contributed by atoms with Crippen molar-refractivity contribution in [1.82, 2.24) is 4.90 Å². The molecule has 2 N–H and O–H groups in total. The molecule has 1 aromatic rings. The van der Waals surface area contributed by atoms with Crippen molar-refractivity contribution >= 4 is 17.6 Å². The predicted octanol–water partition coefficient (Wildman–Crippen LogP) is 5.81. The number of nitrogens with zero attached hydrogens (tertiary/aromatic N) is 3. The first-order chi connectivity index (χ1) is 15.1. The van der Waals surface area contributed by atoms with E-state index in [9.17, 15) is 9.70 Å². The third-order valence-electron chi connectivity index (χ3n) is 7.65. The van der Waals surface area contributed by atoms with E-state index in [2.05, 4.69) is 5.18 Å². The fourth-order valence-electron chi connectivity index (χ4n) is 5.92. The van der Waals surface area contributed by atoms with Crippen molar-refractivity contribution in [2.75, 3.05) is 0 Å². The smallest absolute Gasteiger partial charge is 0.257 e. The molecule has 1 aliphatic heterocycles. The van der Waals surface area contributed by atoms with Gasteiger partial charge in [0.2, 0.25) is 0 Å². The number of carbonyl (C=O) groups excluding carboxylic acids is 1. The summed E-state index contributed by atoms with van der Waals surface area (Å²) in [6.07, 6.45) is 15.4. The van der Waals surface area contributed by atoms with Gasteiger partial charge >= 0.3 is 0 Å². The molecule has 0 saturated heterocycles. The van der Waals surface area contributed by atoms with Crippen molar-refractivity contribution in [2.45, 2.75) is 95.6 Å². The van der Waals surface area contributed by atoms with Crippen LogP contribution in [0.25, 0.3) is 0 Å². The van der Waals surface area contributed by atoms with Crippen LogP contribution >= 0.6 is 0 Å². The first-order valence-electron chi connectivity index (χ1n) is 12.2. The second-order valence-corrected chi connectivity index (χ2v) is 9.90.